The van der Waals surface area contributed by atoms with Gasteiger partial charge in [0.25, 0.3) is 0 Å². The minimum atomic E-state index is -4.44. The predicted molar refractivity (Wildman–Crippen MR) is 82.0 cm³/mol. The molecule has 0 aliphatic carbocycles. The number of rotatable bonds is 7. The number of alkyl halides is 3. The Morgan fingerprint density at radius 3 is 2.43 bits per heavy atom. The van der Waals surface area contributed by atoms with Crippen molar-refractivity contribution in [3.8, 4) is 0 Å². The van der Waals surface area contributed by atoms with E-state index in [-0.39, 0.29) is 29.5 Å². The van der Waals surface area contributed by atoms with Gasteiger partial charge in [-0.05, 0) is 37.5 Å². The number of nitrogens with one attached hydrogen (secondary N) is 2. The third kappa shape index (κ3) is 7.17. The summed E-state index contributed by atoms with van der Waals surface area (Å²) < 4.78 is 38.4. The highest BCUT2D eigenvalue weighted by Gasteiger charge is 2.32. The van der Waals surface area contributed by atoms with Gasteiger partial charge in [-0.2, -0.15) is 13.2 Å². The van der Waals surface area contributed by atoms with Gasteiger partial charge in [-0.3, -0.25) is 9.59 Å². The fourth-order valence-corrected chi connectivity index (χ4v) is 2.08. The molecule has 0 bridgehead atoms. The number of carbonyl (C=O) groups is 2. The second kappa shape index (κ2) is 8.55. The lowest BCUT2D eigenvalue weighted by Crippen LogP contribution is -2.20. The van der Waals surface area contributed by atoms with E-state index in [1.807, 2.05) is 0 Å². The van der Waals surface area contributed by atoms with Crippen molar-refractivity contribution in [2.75, 3.05) is 11.9 Å². The molecule has 0 radical (unpaired) electrons. The third-order valence-corrected chi connectivity index (χ3v) is 3.28. The Bertz CT molecular complexity index is 557. The second-order valence-corrected chi connectivity index (χ2v) is 5.37. The maximum atomic E-state index is 12.8. The summed E-state index contributed by atoms with van der Waals surface area (Å²) in [5.41, 5.74) is -0.481. The molecule has 1 rings (SSSR count). The molecule has 0 fully saturated rings. The summed E-state index contributed by atoms with van der Waals surface area (Å²) in [6, 6.07) is 3.75. The van der Waals surface area contributed by atoms with Gasteiger partial charge in [0.1, 0.15) is 0 Å². The average molecular weight is 330 g/mol. The zero-order valence-electron chi connectivity index (χ0n) is 13.2. The van der Waals surface area contributed by atoms with Crippen molar-refractivity contribution >= 4 is 17.5 Å². The summed E-state index contributed by atoms with van der Waals surface area (Å²) in [4.78, 5) is 22.4. The van der Waals surface area contributed by atoms with Crippen LogP contribution in [0.15, 0.2) is 18.2 Å². The van der Waals surface area contributed by atoms with E-state index in [4.69, 9.17) is 0 Å². The zero-order chi connectivity index (χ0) is 17.5. The van der Waals surface area contributed by atoms with Gasteiger partial charge in [0.05, 0.1) is 5.56 Å². The molecule has 0 aliphatic heterocycles. The smallest absolute Gasteiger partial charge is 0.356 e. The maximum absolute atomic E-state index is 12.8. The summed E-state index contributed by atoms with van der Waals surface area (Å²) in [5, 5.41) is 5.14. The van der Waals surface area contributed by atoms with Crippen molar-refractivity contribution in [2.45, 2.75) is 45.7 Å². The number of carbonyl (C=O) groups excluding carboxylic acids is 2. The minimum absolute atomic E-state index is 0.0948. The SMILES string of the molecule is CC(=O)NCCCCCC(=O)Nc1ccc(C)c(C(F)(F)F)c1. The molecule has 0 saturated carbocycles. The van der Waals surface area contributed by atoms with E-state index >= 15 is 0 Å². The molecule has 2 amide bonds. The first-order valence-corrected chi connectivity index (χ1v) is 7.42. The summed E-state index contributed by atoms with van der Waals surface area (Å²) in [5.74, 6) is -0.413. The molecule has 7 heteroatoms. The van der Waals surface area contributed by atoms with E-state index in [0.29, 0.717) is 13.0 Å². The molecular formula is C16H21F3N2O2. The lowest BCUT2D eigenvalue weighted by molar-refractivity contribution is -0.138. The van der Waals surface area contributed by atoms with Crippen LogP contribution < -0.4 is 10.6 Å². The number of hydrogen-bond donors (Lipinski definition) is 2. The monoisotopic (exact) mass is 330 g/mol. The van der Waals surface area contributed by atoms with Crippen LogP contribution in [0.5, 0.6) is 0 Å². The van der Waals surface area contributed by atoms with Crippen molar-refractivity contribution < 1.29 is 22.8 Å². The van der Waals surface area contributed by atoms with Crippen LogP contribution in [0.1, 0.15) is 43.7 Å². The fraction of sp³-hybridized carbons (Fsp3) is 0.500. The molecule has 0 heterocycles. The van der Waals surface area contributed by atoms with E-state index in [2.05, 4.69) is 10.6 Å². The predicted octanol–water partition coefficient (Wildman–Crippen LogP) is 3.65. The quantitative estimate of drug-likeness (QED) is 0.750. The molecule has 0 aromatic heterocycles. The van der Waals surface area contributed by atoms with E-state index in [0.717, 1.165) is 18.9 Å². The third-order valence-electron chi connectivity index (χ3n) is 3.28. The molecular weight excluding hydrogens is 309 g/mol. The Morgan fingerprint density at radius 1 is 1.13 bits per heavy atom. The normalized spacial score (nSPS) is 11.2. The van der Waals surface area contributed by atoms with Gasteiger partial charge in [-0.15, -0.1) is 0 Å². The molecule has 1 aromatic rings. The standard InChI is InChI=1S/C16H21F3N2O2/c1-11-7-8-13(10-14(11)16(17,18)19)21-15(23)6-4-3-5-9-20-12(2)22/h7-8,10H,3-6,9H2,1-2H3,(H,20,22)(H,21,23). The molecule has 23 heavy (non-hydrogen) atoms. The number of unbranched alkanes of at least 4 members (excludes halogenated alkanes) is 2. The first kappa shape index (κ1) is 19.0. The Morgan fingerprint density at radius 2 is 1.83 bits per heavy atom. The topological polar surface area (TPSA) is 58.2 Å². The first-order chi connectivity index (χ1) is 10.7. The van der Waals surface area contributed by atoms with Crippen LogP contribution >= 0.6 is 0 Å². The van der Waals surface area contributed by atoms with Gasteiger partial charge in [0.15, 0.2) is 0 Å². The van der Waals surface area contributed by atoms with E-state index < -0.39 is 11.7 Å². The largest absolute Gasteiger partial charge is 0.416 e. The van der Waals surface area contributed by atoms with Crippen LogP contribution in [-0.2, 0) is 15.8 Å². The molecule has 128 valence electrons. The van der Waals surface area contributed by atoms with Gasteiger partial charge in [0, 0.05) is 25.6 Å². The minimum Gasteiger partial charge on any atom is -0.356 e. The van der Waals surface area contributed by atoms with Crippen LogP contribution in [0, 0.1) is 6.92 Å². The van der Waals surface area contributed by atoms with Gasteiger partial charge in [-0.25, -0.2) is 0 Å². The summed E-state index contributed by atoms with van der Waals surface area (Å²) in [6.07, 6.45) is -2.07. The Balaban J connectivity index is 2.41. The maximum Gasteiger partial charge on any atom is 0.416 e. The second-order valence-electron chi connectivity index (χ2n) is 5.37. The molecule has 1 aromatic carbocycles. The van der Waals surface area contributed by atoms with Gasteiger partial charge in [0.2, 0.25) is 11.8 Å². The Labute approximate surface area is 133 Å². The van der Waals surface area contributed by atoms with Gasteiger partial charge < -0.3 is 10.6 Å². The Kier molecular flexibility index (Phi) is 7.06. The summed E-state index contributed by atoms with van der Waals surface area (Å²) in [7, 11) is 0. The lowest BCUT2D eigenvalue weighted by atomic mass is 10.1. The molecule has 4 nitrogen and oxygen atoms in total. The first-order valence-electron chi connectivity index (χ1n) is 7.42. The average Bonchev–Trinajstić information content (AvgIpc) is 2.43. The number of hydrogen-bond acceptors (Lipinski definition) is 2. The van der Waals surface area contributed by atoms with E-state index in [1.165, 1.54) is 26.0 Å². The molecule has 0 aliphatic rings. The molecule has 0 atom stereocenters. The number of halogens is 3. The highest BCUT2D eigenvalue weighted by atomic mass is 19.4. The lowest BCUT2D eigenvalue weighted by Gasteiger charge is -2.12. The Hall–Kier alpha value is -2.05. The number of anilines is 1. The molecule has 0 spiro atoms. The van der Waals surface area contributed by atoms with E-state index in [9.17, 15) is 22.8 Å². The summed E-state index contributed by atoms with van der Waals surface area (Å²) in [6.45, 7) is 3.37. The highest BCUT2D eigenvalue weighted by Crippen LogP contribution is 2.33. The summed E-state index contributed by atoms with van der Waals surface area (Å²) >= 11 is 0. The highest BCUT2D eigenvalue weighted by molar-refractivity contribution is 5.90. The number of aryl methyl sites for hydroxylation is 1. The molecule has 0 unspecified atom stereocenters. The molecule has 2 N–H and O–H groups in total. The zero-order valence-corrected chi connectivity index (χ0v) is 13.2. The van der Waals surface area contributed by atoms with Crippen LogP contribution in [0.3, 0.4) is 0 Å². The van der Waals surface area contributed by atoms with Gasteiger partial charge >= 0.3 is 6.18 Å². The van der Waals surface area contributed by atoms with Crippen LogP contribution in [0.4, 0.5) is 18.9 Å². The van der Waals surface area contributed by atoms with Crippen LogP contribution in [-0.4, -0.2) is 18.4 Å². The molecule has 0 saturated heterocycles. The van der Waals surface area contributed by atoms with Gasteiger partial charge in [-0.1, -0.05) is 12.5 Å². The van der Waals surface area contributed by atoms with Crippen LogP contribution in [0.25, 0.3) is 0 Å². The fourth-order valence-electron chi connectivity index (χ4n) is 2.08. The van der Waals surface area contributed by atoms with Crippen molar-refractivity contribution in [1.29, 1.82) is 0 Å². The number of benzene rings is 1. The van der Waals surface area contributed by atoms with Crippen molar-refractivity contribution in [1.82, 2.24) is 5.32 Å². The van der Waals surface area contributed by atoms with Crippen LogP contribution in [0.2, 0.25) is 0 Å². The van der Waals surface area contributed by atoms with Crippen molar-refractivity contribution in [3.63, 3.8) is 0 Å². The van der Waals surface area contributed by atoms with Crippen molar-refractivity contribution in [3.05, 3.63) is 29.3 Å². The van der Waals surface area contributed by atoms with E-state index in [1.54, 1.807) is 0 Å². The van der Waals surface area contributed by atoms with Crippen molar-refractivity contribution in [2.24, 2.45) is 0 Å². The number of amides is 2.